The zero-order valence-electron chi connectivity index (χ0n) is 16.3. The molecule has 8 nitrogen and oxygen atoms in total. The minimum absolute atomic E-state index is 0.136. The molecule has 0 bridgehead atoms. The molecule has 1 aliphatic carbocycles. The van der Waals surface area contributed by atoms with Crippen LogP contribution in [0.1, 0.15) is 40.0 Å². The van der Waals surface area contributed by atoms with Gasteiger partial charge in [0, 0.05) is 12.1 Å². The van der Waals surface area contributed by atoms with Crippen molar-refractivity contribution in [2.24, 2.45) is 17.8 Å². The van der Waals surface area contributed by atoms with Crippen molar-refractivity contribution in [3.8, 4) is 0 Å². The van der Waals surface area contributed by atoms with Crippen molar-refractivity contribution in [2.45, 2.75) is 52.7 Å². The molecule has 8 heteroatoms. The summed E-state index contributed by atoms with van der Waals surface area (Å²) >= 11 is 0. The highest BCUT2D eigenvalue weighted by Gasteiger charge is 2.33. The molecule has 0 aliphatic heterocycles. The number of hydrogen-bond donors (Lipinski definition) is 0. The van der Waals surface area contributed by atoms with Gasteiger partial charge in [0.05, 0.1) is 22.2 Å². The molecule has 0 saturated heterocycles. The van der Waals surface area contributed by atoms with Gasteiger partial charge in [0.15, 0.2) is 0 Å². The highest BCUT2D eigenvalue weighted by molar-refractivity contribution is 5.80. The van der Waals surface area contributed by atoms with E-state index >= 15 is 0 Å². The number of carbonyl (C=O) groups excluding carboxylic acids is 1. The van der Waals surface area contributed by atoms with Crippen molar-refractivity contribution in [1.29, 1.82) is 0 Å². The molecule has 3 unspecified atom stereocenters. The standard InChI is InChI=1S/C20H25N3O5/c1-12(2)15-6-4-13(3)8-18(15)28-19(24)10-22-11-21-17-9-14(23(26)27)5-7-16(17)20(22)25/h5,7,9,11-13,15,18H,4,6,8,10H2,1-3H3. The molecular weight excluding hydrogens is 362 g/mol. The number of carbonyl (C=O) groups is 1. The predicted molar refractivity (Wildman–Crippen MR) is 104 cm³/mol. The van der Waals surface area contributed by atoms with Crippen LogP contribution in [-0.2, 0) is 16.1 Å². The third-order valence-electron chi connectivity index (χ3n) is 5.56. The van der Waals surface area contributed by atoms with Crippen LogP contribution in [0.5, 0.6) is 0 Å². The molecule has 0 N–H and O–H groups in total. The number of benzene rings is 1. The van der Waals surface area contributed by atoms with Crippen LogP contribution in [0.4, 0.5) is 5.69 Å². The average Bonchev–Trinajstić information content (AvgIpc) is 2.63. The molecule has 2 aromatic rings. The minimum atomic E-state index is -0.541. The number of nitro groups is 1. The first-order valence-corrected chi connectivity index (χ1v) is 9.59. The number of hydrogen-bond acceptors (Lipinski definition) is 6. The van der Waals surface area contributed by atoms with Crippen molar-refractivity contribution in [2.75, 3.05) is 0 Å². The Balaban J connectivity index is 1.77. The van der Waals surface area contributed by atoms with Gasteiger partial charge in [0.25, 0.3) is 11.2 Å². The first-order valence-electron chi connectivity index (χ1n) is 9.59. The minimum Gasteiger partial charge on any atom is -0.461 e. The Morgan fingerprint density at radius 2 is 2.14 bits per heavy atom. The van der Waals surface area contributed by atoms with Gasteiger partial charge in [0.1, 0.15) is 12.6 Å². The van der Waals surface area contributed by atoms with Crippen LogP contribution in [0.2, 0.25) is 0 Å². The van der Waals surface area contributed by atoms with Gasteiger partial charge < -0.3 is 4.74 Å². The summed E-state index contributed by atoms with van der Waals surface area (Å²) in [6.07, 6.45) is 4.11. The van der Waals surface area contributed by atoms with Crippen LogP contribution in [-0.4, -0.2) is 26.5 Å². The van der Waals surface area contributed by atoms with Crippen LogP contribution in [0.25, 0.3) is 10.9 Å². The predicted octanol–water partition coefficient (Wildman–Crippen LogP) is 3.31. The summed E-state index contributed by atoms with van der Waals surface area (Å²) in [5.41, 5.74) is -0.332. The van der Waals surface area contributed by atoms with E-state index in [9.17, 15) is 19.7 Å². The summed E-state index contributed by atoms with van der Waals surface area (Å²) < 4.78 is 6.93. The van der Waals surface area contributed by atoms with Gasteiger partial charge >= 0.3 is 5.97 Å². The number of non-ortho nitro benzene ring substituents is 1. The van der Waals surface area contributed by atoms with Crippen molar-refractivity contribution in [1.82, 2.24) is 9.55 Å². The molecule has 3 rings (SSSR count). The summed E-state index contributed by atoms with van der Waals surface area (Å²) in [6, 6.07) is 3.86. The fourth-order valence-corrected chi connectivity index (χ4v) is 3.97. The van der Waals surface area contributed by atoms with Crippen molar-refractivity contribution in [3.05, 3.63) is 45.0 Å². The molecule has 1 aliphatic rings. The van der Waals surface area contributed by atoms with Gasteiger partial charge in [-0.05, 0) is 36.7 Å². The molecule has 28 heavy (non-hydrogen) atoms. The molecule has 1 aromatic heterocycles. The molecule has 150 valence electrons. The molecule has 1 fully saturated rings. The van der Waals surface area contributed by atoms with Gasteiger partial charge in [-0.3, -0.25) is 24.3 Å². The van der Waals surface area contributed by atoms with Crippen LogP contribution in [0, 0.1) is 27.9 Å². The SMILES string of the molecule is CC1CCC(C(C)C)C(OC(=O)Cn2cnc3cc([N+](=O)[O-])ccc3c2=O)C1. The molecule has 0 spiro atoms. The van der Waals surface area contributed by atoms with Gasteiger partial charge in [-0.2, -0.15) is 0 Å². The van der Waals surface area contributed by atoms with Gasteiger partial charge in [0.2, 0.25) is 0 Å². The Morgan fingerprint density at radius 1 is 1.39 bits per heavy atom. The average molecular weight is 387 g/mol. The number of fused-ring (bicyclic) bond motifs is 1. The summed E-state index contributed by atoms with van der Waals surface area (Å²) in [4.78, 5) is 39.5. The van der Waals surface area contributed by atoms with Crippen molar-refractivity contribution >= 4 is 22.6 Å². The zero-order valence-corrected chi connectivity index (χ0v) is 16.3. The number of rotatable bonds is 5. The lowest BCUT2D eigenvalue weighted by molar-refractivity contribution is -0.384. The molecule has 0 radical (unpaired) electrons. The second-order valence-electron chi connectivity index (χ2n) is 7.99. The third-order valence-corrected chi connectivity index (χ3v) is 5.56. The molecule has 0 amide bonds. The van der Waals surface area contributed by atoms with Gasteiger partial charge in [-0.1, -0.05) is 27.2 Å². The summed E-state index contributed by atoms with van der Waals surface area (Å²) in [5, 5.41) is 11.1. The Kier molecular flexibility index (Phi) is 5.76. The summed E-state index contributed by atoms with van der Waals surface area (Å²) in [5.74, 6) is 0.793. The van der Waals surface area contributed by atoms with Crippen molar-refractivity contribution in [3.63, 3.8) is 0 Å². The maximum Gasteiger partial charge on any atom is 0.326 e. The summed E-state index contributed by atoms with van der Waals surface area (Å²) in [7, 11) is 0. The highest BCUT2D eigenvalue weighted by Crippen LogP contribution is 2.35. The summed E-state index contributed by atoms with van der Waals surface area (Å²) in [6.45, 7) is 6.21. The first kappa shape index (κ1) is 20.0. The van der Waals surface area contributed by atoms with E-state index in [-0.39, 0.29) is 29.2 Å². The lowest BCUT2D eigenvalue weighted by Gasteiger charge is -2.36. The Labute approximate surface area is 162 Å². The van der Waals surface area contributed by atoms with Gasteiger partial charge in [-0.15, -0.1) is 0 Å². The third kappa shape index (κ3) is 4.21. The van der Waals surface area contributed by atoms with E-state index in [4.69, 9.17) is 4.74 Å². The van der Waals surface area contributed by atoms with Crippen LogP contribution in [0.3, 0.4) is 0 Å². The maximum atomic E-state index is 12.6. The van der Waals surface area contributed by atoms with Crippen molar-refractivity contribution < 1.29 is 14.5 Å². The van der Waals surface area contributed by atoms with E-state index in [0.29, 0.717) is 17.8 Å². The fraction of sp³-hybridized carbons (Fsp3) is 0.550. The number of nitrogens with zero attached hydrogens (tertiary/aromatic N) is 3. The molecule has 1 aromatic carbocycles. The number of aromatic nitrogens is 2. The topological polar surface area (TPSA) is 104 Å². The lowest BCUT2D eigenvalue weighted by Crippen LogP contribution is -2.37. The Morgan fingerprint density at radius 3 is 2.82 bits per heavy atom. The van der Waals surface area contributed by atoms with E-state index in [1.165, 1.54) is 29.1 Å². The molecular formula is C20H25N3O5. The van der Waals surface area contributed by atoms with Crippen LogP contribution >= 0.6 is 0 Å². The monoisotopic (exact) mass is 387 g/mol. The van der Waals surface area contributed by atoms with Crippen LogP contribution in [0.15, 0.2) is 29.3 Å². The fourth-order valence-electron chi connectivity index (χ4n) is 3.97. The van der Waals surface area contributed by atoms with Gasteiger partial charge in [-0.25, -0.2) is 4.98 Å². The zero-order chi connectivity index (χ0) is 20.4. The highest BCUT2D eigenvalue weighted by atomic mass is 16.6. The smallest absolute Gasteiger partial charge is 0.326 e. The van der Waals surface area contributed by atoms with Crippen LogP contribution < -0.4 is 5.56 Å². The second-order valence-corrected chi connectivity index (χ2v) is 7.99. The molecule has 3 atom stereocenters. The second kappa shape index (κ2) is 8.08. The number of ether oxygens (including phenoxy) is 1. The molecule has 1 saturated carbocycles. The van der Waals surface area contributed by atoms with E-state index in [0.717, 1.165) is 19.3 Å². The lowest BCUT2D eigenvalue weighted by atomic mass is 9.75. The first-order chi connectivity index (χ1) is 13.3. The van der Waals surface area contributed by atoms with E-state index in [2.05, 4.69) is 25.8 Å². The maximum absolute atomic E-state index is 12.6. The number of esters is 1. The quantitative estimate of drug-likeness (QED) is 0.443. The Hall–Kier alpha value is -2.77. The number of nitro benzene ring substituents is 1. The molecule has 1 heterocycles. The Bertz CT molecular complexity index is 952. The normalized spacial score (nSPS) is 22.4. The van der Waals surface area contributed by atoms with E-state index in [1.807, 2.05) is 0 Å². The largest absolute Gasteiger partial charge is 0.461 e. The van der Waals surface area contributed by atoms with E-state index in [1.54, 1.807) is 0 Å². The van der Waals surface area contributed by atoms with E-state index < -0.39 is 16.5 Å².